The van der Waals surface area contributed by atoms with Crippen LogP contribution in [0.25, 0.3) is 0 Å². The van der Waals surface area contributed by atoms with Crippen molar-refractivity contribution in [3.63, 3.8) is 0 Å². The number of aromatic nitrogens is 3. The number of nitrogens with one attached hydrogen (secondary N) is 1. The zero-order valence-corrected chi connectivity index (χ0v) is 10.9. The van der Waals surface area contributed by atoms with Crippen LogP contribution in [0.3, 0.4) is 0 Å². The van der Waals surface area contributed by atoms with Crippen LogP contribution < -0.4 is 10.2 Å². The van der Waals surface area contributed by atoms with Crippen LogP contribution in [-0.2, 0) is 0 Å². The number of hydrogen-bond acceptors (Lipinski definition) is 5. The molecule has 0 aliphatic heterocycles. The molecule has 0 amide bonds. The van der Waals surface area contributed by atoms with Gasteiger partial charge in [-0.05, 0) is 25.4 Å². The second-order valence-corrected chi connectivity index (χ2v) is 3.73. The molecule has 0 bridgehead atoms. The lowest BCUT2D eigenvalue weighted by Gasteiger charge is -2.18. The zero-order chi connectivity index (χ0) is 12.0. The smallest absolute Gasteiger partial charge is 0.231 e. The molecule has 0 unspecified atom stereocenters. The summed E-state index contributed by atoms with van der Waals surface area (Å²) < 4.78 is 0. The first-order valence-corrected chi connectivity index (χ1v) is 6.08. The van der Waals surface area contributed by atoms with Crippen LogP contribution in [0, 0.1) is 0 Å². The van der Waals surface area contributed by atoms with Crippen molar-refractivity contribution in [1.29, 1.82) is 0 Å². The molecule has 1 N–H and O–H groups in total. The average Bonchev–Trinajstić information content (AvgIpc) is 2.27. The van der Waals surface area contributed by atoms with E-state index in [4.69, 9.17) is 23.2 Å². The molecule has 1 rings (SSSR count). The van der Waals surface area contributed by atoms with Crippen molar-refractivity contribution in [3.05, 3.63) is 5.28 Å². The van der Waals surface area contributed by atoms with Gasteiger partial charge in [-0.15, -0.1) is 11.6 Å². The van der Waals surface area contributed by atoms with Gasteiger partial charge in [-0.25, -0.2) is 0 Å². The molecule has 7 heteroatoms. The first-order chi connectivity index (χ1) is 7.71. The minimum absolute atomic E-state index is 0.189. The Labute approximate surface area is 105 Å². The highest BCUT2D eigenvalue weighted by Crippen LogP contribution is 2.13. The number of anilines is 2. The van der Waals surface area contributed by atoms with Gasteiger partial charge in [0.25, 0.3) is 0 Å². The molecule has 0 radical (unpaired) electrons. The Morgan fingerprint density at radius 1 is 1.19 bits per heavy atom. The van der Waals surface area contributed by atoms with Gasteiger partial charge in [-0.3, -0.25) is 0 Å². The van der Waals surface area contributed by atoms with Gasteiger partial charge in [-0.1, -0.05) is 0 Å². The molecule has 0 atom stereocenters. The van der Waals surface area contributed by atoms with Crippen molar-refractivity contribution in [2.45, 2.75) is 13.8 Å². The van der Waals surface area contributed by atoms with Gasteiger partial charge < -0.3 is 10.2 Å². The molecule has 1 aromatic heterocycles. The molecule has 1 heterocycles. The quantitative estimate of drug-likeness (QED) is 0.796. The molecule has 0 fully saturated rings. The van der Waals surface area contributed by atoms with Crippen LogP contribution in [0.5, 0.6) is 0 Å². The van der Waals surface area contributed by atoms with E-state index in [2.05, 4.69) is 20.3 Å². The van der Waals surface area contributed by atoms with Gasteiger partial charge in [-0.2, -0.15) is 15.0 Å². The van der Waals surface area contributed by atoms with E-state index in [-0.39, 0.29) is 5.28 Å². The summed E-state index contributed by atoms with van der Waals surface area (Å²) in [6, 6.07) is 0. The summed E-state index contributed by atoms with van der Waals surface area (Å²) in [5.41, 5.74) is 0. The second-order valence-electron chi connectivity index (χ2n) is 3.02. The van der Waals surface area contributed by atoms with Crippen molar-refractivity contribution in [2.75, 3.05) is 35.7 Å². The van der Waals surface area contributed by atoms with Crippen molar-refractivity contribution < 1.29 is 0 Å². The Bertz CT molecular complexity index is 330. The lowest BCUT2D eigenvalue weighted by Crippen LogP contribution is -2.25. The normalized spacial score (nSPS) is 10.2. The van der Waals surface area contributed by atoms with Gasteiger partial charge in [0.1, 0.15) is 0 Å². The minimum atomic E-state index is 0.189. The minimum Gasteiger partial charge on any atom is -0.353 e. The van der Waals surface area contributed by atoms with E-state index in [1.54, 1.807) is 0 Å². The highest BCUT2D eigenvalue weighted by molar-refractivity contribution is 6.28. The molecular formula is C9H15Cl2N5. The Kier molecular flexibility index (Phi) is 5.55. The highest BCUT2D eigenvalue weighted by atomic mass is 35.5. The third-order valence-electron chi connectivity index (χ3n) is 2.02. The average molecular weight is 264 g/mol. The van der Waals surface area contributed by atoms with Crippen LogP contribution in [-0.4, -0.2) is 40.5 Å². The molecule has 0 saturated carbocycles. The van der Waals surface area contributed by atoms with E-state index < -0.39 is 0 Å². The zero-order valence-electron chi connectivity index (χ0n) is 9.37. The molecule has 0 aliphatic carbocycles. The van der Waals surface area contributed by atoms with E-state index in [1.807, 2.05) is 18.7 Å². The van der Waals surface area contributed by atoms with E-state index in [1.165, 1.54) is 0 Å². The number of halogens is 2. The monoisotopic (exact) mass is 263 g/mol. The molecule has 0 saturated heterocycles. The summed E-state index contributed by atoms with van der Waals surface area (Å²) in [6.07, 6.45) is 0. The van der Waals surface area contributed by atoms with Crippen LogP contribution in [0.2, 0.25) is 5.28 Å². The van der Waals surface area contributed by atoms with Gasteiger partial charge in [0.05, 0.1) is 0 Å². The van der Waals surface area contributed by atoms with E-state index >= 15 is 0 Å². The van der Waals surface area contributed by atoms with Gasteiger partial charge >= 0.3 is 0 Å². The van der Waals surface area contributed by atoms with E-state index in [0.29, 0.717) is 24.3 Å². The number of alkyl halides is 1. The summed E-state index contributed by atoms with van der Waals surface area (Å²) in [5.74, 6) is 1.54. The largest absolute Gasteiger partial charge is 0.353 e. The lowest BCUT2D eigenvalue weighted by molar-refractivity contribution is 0.812. The third kappa shape index (κ3) is 3.64. The predicted molar refractivity (Wildman–Crippen MR) is 67.6 cm³/mol. The van der Waals surface area contributed by atoms with Gasteiger partial charge in [0, 0.05) is 25.5 Å². The van der Waals surface area contributed by atoms with Gasteiger partial charge in [0.2, 0.25) is 17.2 Å². The maximum Gasteiger partial charge on any atom is 0.231 e. The number of rotatable bonds is 6. The molecule has 16 heavy (non-hydrogen) atoms. The maximum atomic E-state index is 5.83. The summed E-state index contributed by atoms with van der Waals surface area (Å²) in [5, 5.41) is 3.16. The fraction of sp³-hybridized carbons (Fsp3) is 0.667. The van der Waals surface area contributed by atoms with Crippen LogP contribution >= 0.6 is 23.2 Å². The Morgan fingerprint density at radius 3 is 2.44 bits per heavy atom. The molecular weight excluding hydrogens is 249 g/mol. The molecule has 0 aliphatic rings. The first kappa shape index (κ1) is 13.3. The summed E-state index contributed by atoms with van der Waals surface area (Å²) >= 11 is 11.4. The van der Waals surface area contributed by atoms with Crippen LogP contribution in [0.4, 0.5) is 11.9 Å². The van der Waals surface area contributed by atoms with Crippen molar-refractivity contribution in [2.24, 2.45) is 0 Å². The molecule has 5 nitrogen and oxygen atoms in total. The highest BCUT2D eigenvalue weighted by Gasteiger charge is 2.09. The van der Waals surface area contributed by atoms with Crippen molar-refractivity contribution in [3.8, 4) is 0 Å². The fourth-order valence-electron chi connectivity index (χ4n) is 1.23. The van der Waals surface area contributed by atoms with Crippen molar-refractivity contribution in [1.82, 2.24) is 15.0 Å². The topological polar surface area (TPSA) is 53.9 Å². The Balaban J connectivity index is 2.88. The second kappa shape index (κ2) is 6.70. The molecule has 90 valence electrons. The van der Waals surface area contributed by atoms with Gasteiger partial charge in [0.15, 0.2) is 0 Å². The standard InChI is InChI=1S/C9H15Cl2N5/c1-3-16(4-2)9-14-7(11)13-8(15-9)12-6-5-10/h3-6H2,1-2H3,(H,12,13,14,15). The van der Waals surface area contributed by atoms with E-state index in [9.17, 15) is 0 Å². The molecule has 0 aromatic carbocycles. The van der Waals surface area contributed by atoms with E-state index in [0.717, 1.165) is 13.1 Å². The SMILES string of the molecule is CCN(CC)c1nc(Cl)nc(NCCCl)n1. The summed E-state index contributed by atoms with van der Waals surface area (Å²) in [4.78, 5) is 14.3. The summed E-state index contributed by atoms with van der Waals surface area (Å²) in [6.45, 7) is 6.32. The lowest BCUT2D eigenvalue weighted by atomic mass is 10.5. The van der Waals surface area contributed by atoms with Crippen LogP contribution in [0.1, 0.15) is 13.8 Å². The molecule has 1 aromatic rings. The maximum absolute atomic E-state index is 5.83. The summed E-state index contributed by atoms with van der Waals surface area (Å²) in [7, 11) is 0. The van der Waals surface area contributed by atoms with Crippen molar-refractivity contribution >= 4 is 35.1 Å². The fourth-order valence-corrected chi connectivity index (χ4v) is 1.48. The first-order valence-electron chi connectivity index (χ1n) is 5.17. The predicted octanol–water partition coefficient (Wildman–Crippen LogP) is 2.02. The number of hydrogen-bond donors (Lipinski definition) is 1. The van der Waals surface area contributed by atoms with Crippen LogP contribution in [0.15, 0.2) is 0 Å². The Hall–Kier alpha value is -0.810. The molecule has 0 spiro atoms. The Morgan fingerprint density at radius 2 is 1.88 bits per heavy atom. The third-order valence-corrected chi connectivity index (χ3v) is 2.38. The number of nitrogens with zero attached hydrogens (tertiary/aromatic N) is 4.